The predicted octanol–water partition coefficient (Wildman–Crippen LogP) is 4.33. The first-order chi connectivity index (χ1) is 16.2. The molecule has 1 saturated heterocycles. The summed E-state index contributed by atoms with van der Waals surface area (Å²) in [4.78, 5) is 16.4. The molecule has 34 heavy (non-hydrogen) atoms. The first-order valence-electron chi connectivity index (χ1n) is 11.3. The minimum Gasteiger partial charge on any atom is -0.508 e. The molecular weight excluding hydrogens is 439 g/mol. The van der Waals surface area contributed by atoms with E-state index in [0.29, 0.717) is 24.3 Å². The number of ether oxygens (including phenoxy) is 1. The zero-order valence-electron chi connectivity index (χ0n) is 19.2. The molecule has 0 bridgehead atoms. The third-order valence-electron chi connectivity index (χ3n) is 6.36. The third-order valence-corrected chi connectivity index (χ3v) is 6.36. The second kappa shape index (κ2) is 9.66. The molecule has 180 valence electrons. The van der Waals surface area contributed by atoms with Crippen molar-refractivity contribution in [2.24, 2.45) is 5.41 Å². The summed E-state index contributed by atoms with van der Waals surface area (Å²) in [6.07, 6.45) is 0.239. The van der Waals surface area contributed by atoms with Crippen LogP contribution in [0.3, 0.4) is 0 Å². The maximum atomic E-state index is 13.7. The number of aliphatic hydroxyl groups is 1. The van der Waals surface area contributed by atoms with Gasteiger partial charge in [-0.15, -0.1) is 0 Å². The number of aliphatic carboxylic acids is 1. The van der Waals surface area contributed by atoms with E-state index in [1.807, 2.05) is 0 Å². The number of aromatic hydroxyl groups is 1. The molecule has 4 N–H and O–H groups in total. The minimum absolute atomic E-state index is 0.0116. The summed E-state index contributed by atoms with van der Waals surface area (Å²) in [6, 6.07) is 11.1. The van der Waals surface area contributed by atoms with E-state index in [1.165, 1.54) is 18.2 Å². The van der Waals surface area contributed by atoms with E-state index in [-0.39, 0.29) is 24.0 Å². The van der Waals surface area contributed by atoms with Gasteiger partial charge in [-0.3, -0.25) is 15.1 Å². The molecule has 3 aromatic rings. The fourth-order valence-electron chi connectivity index (χ4n) is 4.26. The van der Waals surface area contributed by atoms with Crippen LogP contribution < -0.4 is 5.32 Å². The van der Waals surface area contributed by atoms with E-state index in [4.69, 9.17) is 9.72 Å². The van der Waals surface area contributed by atoms with Crippen molar-refractivity contribution in [3.8, 4) is 16.9 Å². The predicted molar refractivity (Wildman–Crippen MR) is 126 cm³/mol. The fraction of sp³-hybridized carbons (Fsp3) is 0.385. The van der Waals surface area contributed by atoms with Gasteiger partial charge in [0.25, 0.3) is 0 Å². The molecule has 0 saturated carbocycles. The smallest absolute Gasteiger partial charge is 0.310 e. The number of benzene rings is 2. The molecule has 2 aromatic carbocycles. The Morgan fingerprint density at radius 2 is 1.85 bits per heavy atom. The van der Waals surface area contributed by atoms with Gasteiger partial charge in [-0.25, -0.2) is 4.39 Å². The zero-order chi connectivity index (χ0) is 24.5. The van der Waals surface area contributed by atoms with Crippen molar-refractivity contribution in [1.82, 2.24) is 10.3 Å². The summed E-state index contributed by atoms with van der Waals surface area (Å²) in [5.41, 5.74) is 1.58. The molecule has 2 heterocycles. The summed E-state index contributed by atoms with van der Waals surface area (Å²) in [5.74, 6) is -1.26. The Hall–Kier alpha value is -3.07. The number of hydrogen-bond acceptors (Lipinski definition) is 6. The van der Waals surface area contributed by atoms with Crippen LogP contribution in [-0.4, -0.2) is 46.0 Å². The maximum absolute atomic E-state index is 13.7. The average molecular weight is 469 g/mol. The van der Waals surface area contributed by atoms with Gasteiger partial charge in [0.15, 0.2) is 0 Å². The molecule has 0 spiro atoms. The Labute approximate surface area is 197 Å². The highest BCUT2D eigenvalue weighted by molar-refractivity contribution is 6.00. The van der Waals surface area contributed by atoms with Gasteiger partial charge in [0.05, 0.1) is 16.8 Å². The van der Waals surface area contributed by atoms with E-state index in [1.54, 1.807) is 38.1 Å². The van der Waals surface area contributed by atoms with Gasteiger partial charge in [-0.1, -0.05) is 12.1 Å². The first kappa shape index (κ1) is 24.1. The number of pyridine rings is 1. The number of phenols is 1. The van der Waals surface area contributed by atoms with Crippen molar-refractivity contribution in [2.75, 3.05) is 19.8 Å². The molecule has 7 nitrogen and oxygen atoms in total. The largest absolute Gasteiger partial charge is 0.508 e. The van der Waals surface area contributed by atoms with Crippen LogP contribution in [0.15, 0.2) is 42.5 Å². The van der Waals surface area contributed by atoms with Crippen LogP contribution in [0.4, 0.5) is 4.39 Å². The van der Waals surface area contributed by atoms with Gasteiger partial charge >= 0.3 is 5.97 Å². The number of carboxylic acid groups (broad SMARTS) is 1. The van der Waals surface area contributed by atoms with Crippen molar-refractivity contribution < 1.29 is 29.2 Å². The number of nitrogens with one attached hydrogen (secondary N) is 1. The van der Waals surface area contributed by atoms with E-state index in [9.17, 15) is 24.5 Å². The van der Waals surface area contributed by atoms with E-state index in [0.717, 1.165) is 35.0 Å². The standard InChI is InChI=1S/C26H29FN2O5/c1-26(2,25(32)33)14-28-24(31)23-20-13-18(30)7-8-19(20)21(15-3-5-17(27)6-4-15)22(29-23)16-9-11-34-12-10-16/h3-8,13,16,24,28,30-31H,9-12,14H2,1-2H3,(H,32,33). The quantitative estimate of drug-likeness (QED) is 0.382. The molecule has 1 atom stereocenters. The number of rotatable bonds is 7. The summed E-state index contributed by atoms with van der Waals surface area (Å²) >= 11 is 0. The van der Waals surface area contributed by atoms with E-state index in [2.05, 4.69) is 5.32 Å². The van der Waals surface area contributed by atoms with E-state index >= 15 is 0 Å². The zero-order valence-corrected chi connectivity index (χ0v) is 19.2. The lowest BCUT2D eigenvalue weighted by Gasteiger charge is -2.28. The van der Waals surface area contributed by atoms with Gasteiger partial charge in [-0.2, -0.15) is 0 Å². The summed E-state index contributed by atoms with van der Waals surface area (Å²) < 4.78 is 19.2. The molecule has 4 rings (SSSR count). The summed E-state index contributed by atoms with van der Waals surface area (Å²) in [7, 11) is 0. The van der Waals surface area contributed by atoms with Crippen molar-refractivity contribution in [1.29, 1.82) is 0 Å². The number of aliphatic hydroxyl groups excluding tert-OH is 1. The van der Waals surface area contributed by atoms with Crippen LogP contribution in [0.1, 0.15) is 50.2 Å². The van der Waals surface area contributed by atoms with Gasteiger partial charge < -0.3 is 20.1 Å². The van der Waals surface area contributed by atoms with Crippen LogP contribution in [0.25, 0.3) is 21.9 Å². The van der Waals surface area contributed by atoms with Crippen molar-refractivity contribution in [3.05, 3.63) is 59.7 Å². The molecule has 1 aromatic heterocycles. The number of halogens is 1. The second-order valence-electron chi connectivity index (χ2n) is 9.35. The van der Waals surface area contributed by atoms with Gasteiger partial charge in [0, 0.05) is 36.6 Å². The first-order valence-corrected chi connectivity index (χ1v) is 11.3. The maximum Gasteiger partial charge on any atom is 0.310 e. The van der Waals surface area contributed by atoms with Crippen molar-refractivity contribution in [2.45, 2.75) is 38.8 Å². The molecule has 1 aliphatic rings. The highest BCUT2D eigenvalue weighted by atomic mass is 19.1. The molecule has 0 radical (unpaired) electrons. The molecule has 1 aliphatic heterocycles. The van der Waals surface area contributed by atoms with Gasteiger partial charge in [0.2, 0.25) is 0 Å². The Bertz CT molecular complexity index is 1190. The second-order valence-corrected chi connectivity index (χ2v) is 9.35. The van der Waals surface area contributed by atoms with Crippen molar-refractivity contribution in [3.63, 3.8) is 0 Å². The highest BCUT2D eigenvalue weighted by Gasteiger charge is 2.30. The Morgan fingerprint density at radius 3 is 2.50 bits per heavy atom. The number of carboxylic acids is 1. The lowest BCUT2D eigenvalue weighted by Crippen LogP contribution is -2.38. The van der Waals surface area contributed by atoms with Crippen LogP contribution in [0.2, 0.25) is 0 Å². The van der Waals surface area contributed by atoms with Gasteiger partial charge in [0.1, 0.15) is 17.8 Å². The number of phenolic OH excluding ortho intramolecular Hbond substituents is 1. The SMILES string of the molecule is CC(C)(CNC(O)c1nc(C2CCOCC2)c(-c2ccc(F)cc2)c2ccc(O)cc12)C(=O)O. The molecule has 0 amide bonds. The third kappa shape index (κ3) is 4.89. The monoisotopic (exact) mass is 468 g/mol. The van der Waals surface area contributed by atoms with Crippen LogP contribution >= 0.6 is 0 Å². The molecular formula is C26H29FN2O5. The molecule has 0 aliphatic carbocycles. The minimum atomic E-state index is -1.26. The lowest BCUT2D eigenvalue weighted by atomic mass is 9.86. The number of hydrogen-bond donors (Lipinski definition) is 4. The van der Waals surface area contributed by atoms with Crippen molar-refractivity contribution >= 4 is 16.7 Å². The highest BCUT2D eigenvalue weighted by Crippen LogP contribution is 2.41. The van der Waals surface area contributed by atoms with Gasteiger partial charge in [-0.05, 0) is 68.0 Å². The molecule has 8 heteroatoms. The van der Waals surface area contributed by atoms with Crippen LogP contribution in [0.5, 0.6) is 5.75 Å². The number of carbonyl (C=O) groups is 1. The topological polar surface area (TPSA) is 112 Å². The normalized spacial score (nSPS) is 16.0. The molecule has 1 fully saturated rings. The fourth-order valence-corrected chi connectivity index (χ4v) is 4.26. The van der Waals surface area contributed by atoms with Crippen LogP contribution in [0, 0.1) is 11.2 Å². The van der Waals surface area contributed by atoms with Crippen LogP contribution in [-0.2, 0) is 9.53 Å². The summed E-state index contributed by atoms with van der Waals surface area (Å²) in [5, 5.41) is 34.9. The number of aromatic nitrogens is 1. The molecule has 1 unspecified atom stereocenters. The Balaban J connectivity index is 1.89. The summed E-state index contributed by atoms with van der Waals surface area (Å²) in [6.45, 7) is 4.32. The van der Waals surface area contributed by atoms with E-state index < -0.39 is 17.6 Å². The Morgan fingerprint density at radius 1 is 1.18 bits per heavy atom. The average Bonchev–Trinajstić information content (AvgIpc) is 2.82. The number of nitrogens with zero attached hydrogens (tertiary/aromatic N) is 1. The number of fused-ring (bicyclic) bond motifs is 1. The Kier molecular flexibility index (Phi) is 6.84. The lowest BCUT2D eigenvalue weighted by molar-refractivity contribution is -0.146.